The van der Waals surface area contributed by atoms with Crippen molar-refractivity contribution in [3.8, 4) is 0 Å². The number of benzene rings is 1. The summed E-state index contributed by atoms with van der Waals surface area (Å²) in [7, 11) is 0. The van der Waals surface area contributed by atoms with Crippen molar-refractivity contribution in [2.24, 2.45) is 5.73 Å². The maximum atomic E-state index is 12.4. The summed E-state index contributed by atoms with van der Waals surface area (Å²) < 4.78 is 1.26. The van der Waals surface area contributed by atoms with Crippen LogP contribution in [-0.4, -0.2) is 43.0 Å². The van der Waals surface area contributed by atoms with Crippen LogP contribution >= 0.6 is 34.9 Å². The molecule has 3 rings (SSSR count). The lowest BCUT2D eigenvalue weighted by Crippen LogP contribution is -2.22. The zero-order valence-corrected chi connectivity index (χ0v) is 15.9. The average Bonchev–Trinajstić information content (AvgIpc) is 3.17. The Balaban J connectivity index is 1.60. The van der Waals surface area contributed by atoms with Crippen molar-refractivity contribution in [1.29, 1.82) is 0 Å². The quantitative estimate of drug-likeness (QED) is 0.431. The lowest BCUT2D eigenvalue weighted by molar-refractivity contribution is -0.116. The molecule has 2 heterocycles. The number of hydrogen-bond donors (Lipinski definition) is 4. The lowest BCUT2D eigenvalue weighted by atomic mass is 10.2. The van der Waals surface area contributed by atoms with E-state index in [1.165, 1.54) is 34.9 Å². The first-order chi connectivity index (χ1) is 12.4. The second-order valence-electron chi connectivity index (χ2n) is 5.18. The number of amides is 2. The van der Waals surface area contributed by atoms with Gasteiger partial charge in [-0.25, -0.2) is 4.79 Å². The highest BCUT2D eigenvalue weighted by Gasteiger charge is 2.18. The van der Waals surface area contributed by atoms with E-state index in [9.17, 15) is 14.4 Å². The van der Waals surface area contributed by atoms with Gasteiger partial charge in [0, 0.05) is 5.69 Å². The molecule has 0 aliphatic heterocycles. The molecule has 9 nitrogen and oxygen atoms in total. The van der Waals surface area contributed by atoms with Crippen molar-refractivity contribution in [3.05, 3.63) is 28.7 Å². The minimum absolute atomic E-state index is 0.138. The average molecular weight is 411 g/mol. The summed E-state index contributed by atoms with van der Waals surface area (Å²) in [5.74, 6) is -0.486. The van der Waals surface area contributed by atoms with Gasteiger partial charge in [0.25, 0.3) is 0 Å². The lowest BCUT2D eigenvalue weighted by Gasteiger charge is -2.10. The number of nitrogens with one attached hydrogen (secondary N) is 3. The number of carbonyl (C=O) groups excluding carboxylic acids is 2. The maximum Gasteiger partial charge on any atom is 0.323 e. The van der Waals surface area contributed by atoms with Gasteiger partial charge in [0.15, 0.2) is 8.68 Å². The number of hydrogen-bond acceptors (Lipinski definition) is 8. The number of aromatic amines is 2. The molecule has 3 aromatic rings. The van der Waals surface area contributed by atoms with Crippen LogP contribution in [-0.2, 0) is 9.59 Å². The maximum absolute atomic E-state index is 12.4. The molecule has 0 radical (unpaired) electrons. The highest BCUT2D eigenvalue weighted by atomic mass is 32.2. The zero-order valence-electron chi connectivity index (χ0n) is 13.4. The molecule has 0 saturated carbocycles. The number of H-pyrrole nitrogens is 2. The van der Waals surface area contributed by atoms with Gasteiger partial charge in [0.05, 0.1) is 22.0 Å². The summed E-state index contributed by atoms with van der Waals surface area (Å²) in [5.41, 5.74) is 6.67. The van der Waals surface area contributed by atoms with Crippen molar-refractivity contribution in [2.45, 2.75) is 20.9 Å². The molecular weight excluding hydrogens is 396 g/mol. The number of nitrogens with two attached hydrogens (primary N) is 1. The Morgan fingerprint density at radius 1 is 1.27 bits per heavy atom. The van der Waals surface area contributed by atoms with Crippen LogP contribution < -0.4 is 16.7 Å². The van der Waals surface area contributed by atoms with Crippen LogP contribution in [0.3, 0.4) is 0 Å². The first-order valence-corrected chi connectivity index (χ1v) is 10.0. The van der Waals surface area contributed by atoms with Gasteiger partial charge in [-0.3, -0.25) is 9.59 Å². The van der Waals surface area contributed by atoms with E-state index in [1.54, 1.807) is 25.1 Å². The molecule has 5 N–H and O–H groups in total. The van der Waals surface area contributed by atoms with Gasteiger partial charge < -0.3 is 21.0 Å². The SMILES string of the molecule is CC(Sc1nnc(SCC(N)=O)s1)C(=O)Nc1ccc2[nH]c(=O)[nH]c2c1. The predicted molar refractivity (Wildman–Crippen MR) is 103 cm³/mol. The van der Waals surface area contributed by atoms with Crippen LogP contribution in [0.2, 0.25) is 0 Å². The van der Waals surface area contributed by atoms with Gasteiger partial charge >= 0.3 is 5.69 Å². The number of aromatic nitrogens is 4. The van der Waals surface area contributed by atoms with Crippen LogP contribution in [0.1, 0.15) is 6.92 Å². The Kier molecular flexibility index (Phi) is 5.64. The third-order valence-electron chi connectivity index (χ3n) is 3.16. The van der Waals surface area contributed by atoms with E-state index in [0.717, 1.165) is 0 Å². The molecule has 0 spiro atoms. The molecule has 26 heavy (non-hydrogen) atoms. The Labute approximate surface area is 159 Å². The molecule has 2 aromatic heterocycles. The minimum atomic E-state index is -0.423. The van der Waals surface area contributed by atoms with Gasteiger partial charge in [0.2, 0.25) is 11.8 Å². The summed E-state index contributed by atoms with van der Waals surface area (Å²) in [6.45, 7) is 1.76. The van der Waals surface area contributed by atoms with Crippen molar-refractivity contribution in [2.75, 3.05) is 11.1 Å². The van der Waals surface area contributed by atoms with E-state index in [0.29, 0.717) is 25.4 Å². The number of thioether (sulfide) groups is 2. The molecular formula is C14H14N6O3S3. The van der Waals surface area contributed by atoms with Gasteiger partial charge in [-0.15, -0.1) is 10.2 Å². The van der Waals surface area contributed by atoms with Gasteiger partial charge in [0.1, 0.15) is 0 Å². The second-order valence-corrected chi connectivity index (χ2v) is 8.97. The van der Waals surface area contributed by atoms with Gasteiger partial charge in [-0.2, -0.15) is 0 Å². The summed E-state index contributed by atoms with van der Waals surface area (Å²) in [6.07, 6.45) is 0. The van der Waals surface area contributed by atoms with Gasteiger partial charge in [-0.05, 0) is 25.1 Å². The van der Waals surface area contributed by atoms with Crippen LogP contribution in [0, 0.1) is 0 Å². The van der Waals surface area contributed by atoms with E-state index in [2.05, 4.69) is 25.5 Å². The highest BCUT2D eigenvalue weighted by molar-refractivity contribution is 8.04. The Morgan fingerprint density at radius 2 is 2.00 bits per heavy atom. The first-order valence-electron chi connectivity index (χ1n) is 7.35. The third-order valence-corrected chi connectivity index (χ3v) is 6.42. The van der Waals surface area contributed by atoms with E-state index < -0.39 is 11.2 Å². The molecule has 1 aromatic carbocycles. The van der Waals surface area contributed by atoms with Crippen LogP contribution in [0.25, 0.3) is 11.0 Å². The van der Waals surface area contributed by atoms with E-state index in [4.69, 9.17) is 5.73 Å². The fourth-order valence-corrected chi connectivity index (χ4v) is 4.90. The number of nitrogens with zero attached hydrogens (tertiary/aromatic N) is 2. The number of fused-ring (bicyclic) bond motifs is 1. The molecule has 12 heteroatoms. The highest BCUT2D eigenvalue weighted by Crippen LogP contribution is 2.31. The van der Waals surface area contributed by atoms with Crippen LogP contribution in [0.5, 0.6) is 0 Å². The van der Waals surface area contributed by atoms with Crippen molar-refractivity contribution in [3.63, 3.8) is 0 Å². The summed E-state index contributed by atoms with van der Waals surface area (Å²) in [6, 6.07) is 5.12. The summed E-state index contributed by atoms with van der Waals surface area (Å²) in [4.78, 5) is 39.7. The smallest absolute Gasteiger partial charge is 0.323 e. The van der Waals surface area contributed by atoms with Crippen molar-refractivity contribution in [1.82, 2.24) is 20.2 Å². The van der Waals surface area contributed by atoms with Crippen LogP contribution in [0.15, 0.2) is 31.7 Å². The fourth-order valence-electron chi connectivity index (χ4n) is 1.99. The molecule has 0 aliphatic carbocycles. The number of rotatable bonds is 7. The molecule has 0 bridgehead atoms. The molecule has 0 saturated heterocycles. The standard InChI is InChI=1S/C14H14N6O3S3/c1-6(25-14-20-19-13(26-14)24-5-10(15)21)11(22)16-7-2-3-8-9(4-7)18-12(23)17-8/h2-4,6H,5H2,1H3,(H2,15,21)(H,16,22)(H2,17,18,23). The minimum Gasteiger partial charge on any atom is -0.369 e. The number of primary amides is 1. The number of carbonyl (C=O) groups is 2. The van der Waals surface area contributed by atoms with Crippen molar-refractivity contribution >= 4 is 63.4 Å². The Hall–Kier alpha value is -2.31. The summed E-state index contributed by atoms with van der Waals surface area (Å²) in [5, 5.41) is 10.4. The monoisotopic (exact) mass is 410 g/mol. The predicted octanol–water partition coefficient (Wildman–Crippen LogP) is 1.40. The molecule has 0 aliphatic rings. The molecule has 1 atom stereocenters. The topological polar surface area (TPSA) is 147 Å². The molecule has 2 amide bonds. The first kappa shape index (κ1) is 18.5. The second kappa shape index (κ2) is 7.93. The number of imidazole rings is 1. The zero-order chi connectivity index (χ0) is 18.7. The van der Waals surface area contributed by atoms with Gasteiger partial charge in [-0.1, -0.05) is 34.9 Å². The van der Waals surface area contributed by atoms with E-state index in [-0.39, 0.29) is 17.3 Å². The van der Waals surface area contributed by atoms with E-state index in [1.807, 2.05) is 0 Å². The third kappa shape index (κ3) is 4.65. The van der Waals surface area contributed by atoms with Crippen molar-refractivity contribution < 1.29 is 9.59 Å². The molecule has 136 valence electrons. The molecule has 0 fully saturated rings. The van der Waals surface area contributed by atoms with Crippen LogP contribution in [0.4, 0.5) is 5.69 Å². The Morgan fingerprint density at radius 3 is 2.77 bits per heavy atom. The normalized spacial score (nSPS) is 12.2. The van der Waals surface area contributed by atoms with E-state index >= 15 is 0 Å². The largest absolute Gasteiger partial charge is 0.369 e. The molecule has 1 unspecified atom stereocenters. The number of anilines is 1. The fraction of sp³-hybridized carbons (Fsp3) is 0.214. The summed E-state index contributed by atoms with van der Waals surface area (Å²) >= 11 is 3.79. The Bertz CT molecular complexity index is 1010.